The molecule has 2 aromatic heterocycles. The van der Waals surface area contributed by atoms with Crippen LogP contribution >= 0.6 is 46.0 Å². The van der Waals surface area contributed by atoms with E-state index in [1.165, 1.54) is 22.7 Å². The fraction of sp³-hybridized carbons (Fsp3) is 0.176. The lowest BCUT2D eigenvalue weighted by Gasteiger charge is -2.06. The maximum absolute atomic E-state index is 12.3. The number of carbonyl (C=O) groups is 1. The van der Waals surface area contributed by atoms with E-state index in [0.717, 1.165) is 19.8 Å². The Morgan fingerprint density at radius 3 is 2.58 bits per heavy atom. The summed E-state index contributed by atoms with van der Waals surface area (Å²) in [7, 11) is 0. The number of anilines is 1. The third kappa shape index (κ3) is 4.39. The predicted molar refractivity (Wildman–Crippen MR) is 106 cm³/mol. The zero-order chi connectivity index (χ0) is 17.1. The molecule has 3 aromatic rings. The maximum Gasteiger partial charge on any atom is 0.257 e. The van der Waals surface area contributed by atoms with Crippen LogP contribution in [0.25, 0.3) is 10.6 Å². The molecule has 0 spiro atoms. The Hall–Kier alpha value is -1.34. The van der Waals surface area contributed by atoms with Gasteiger partial charge in [0.2, 0.25) is 0 Å². The van der Waals surface area contributed by atoms with Crippen LogP contribution in [0.2, 0.25) is 4.34 Å². The van der Waals surface area contributed by atoms with E-state index < -0.39 is 0 Å². The van der Waals surface area contributed by atoms with Crippen LogP contribution in [0, 0.1) is 0 Å². The molecule has 2 heterocycles. The highest BCUT2D eigenvalue weighted by Crippen LogP contribution is 2.33. The number of thiazole rings is 1. The molecule has 0 unspecified atom stereocenters. The largest absolute Gasteiger partial charge is 0.298 e. The average Bonchev–Trinajstić information content (AvgIpc) is 3.16. The standard InChI is InChI=1S/C17H15ClN2OS3/c1-10(2)23-12-5-3-11(4-6-12)16(21)20-17-19-13(9-22-17)14-7-8-15(18)24-14/h3-10H,1-2H3,(H,19,20,21). The third-order valence-corrected chi connectivity index (χ3v) is 6.07. The highest BCUT2D eigenvalue weighted by molar-refractivity contribution is 7.99. The van der Waals surface area contributed by atoms with Crippen molar-refractivity contribution in [3.8, 4) is 10.6 Å². The number of amides is 1. The van der Waals surface area contributed by atoms with Gasteiger partial charge in [0, 0.05) is 21.1 Å². The van der Waals surface area contributed by atoms with Crippen LogP contribution in [0.5, 0.6) is 0 Å². The number of nitrogens with one attached hydrogen (secondary N) is 1. The van der Waals surface area contributed by atoms with Crippen molar-refractivity contribution in [2.45, 2.75) is 24.0 Å². The van der Waals surface area contributed by atoms with Crippen molar-refractivity contribution in [3.63, 3.8) is 0 Å². The Labute approximate surface area is 158 Å². The number of thiophene rings is 1. The molecule has 24 heavy (non-hydrogen) atoms. The normalized spacial score (nSPS) is 11.0. The number of hydrogen-bond acceptors (Lipinski definition) is 5. The minimum atomic E-state index is -0.152. The molecule has 0 aliphatic heterocycles. The number of rotatable bonds is 5. The highest BCUT2D eigenvalue weighted by atomic mass is 35.5. The average molecular weight is 395 g/mol. The van der Waals surface area contributed by atoms with E-state index in [4.69, 9.17) is 11.6 Å². The number of benzene rings is 1. The van der Waals surface area contributed by atoms with Gasteiger partial charge in [0.05, 0.1) is 14.9 Å². The van der Waals surface area contributed by atoms with Crippen LogP contribution in [-0.4, -0.2) is 16.1 Å². The highest BCUT2D eigenvalue weighted by Gasteiger charge is 2.11. The quantitative estimate of drug-likeness (QED) is 0.518. The summed E-state index contributed by atoms with van der Waals surface area (Å²) in [6.07, 6.45) is 0. The van der Waals surface area contributed by atoms with Crippen molar-refractivity contribution in [1.29, 1.82) is 0 Å². The second kappa shape index (κ2) is 7.70. The summed E-state index contributed by atoms with van der Waals surface area (Å²) >= 11 is 10.6. The number of halogens is 1. The first-order chi connectivity index (χ1) is 11.5. The Morgan fingerprint density at radius 2 is 1.96 bits per heavy atom. The Morgan fingerprint density at radius 1 is 1.21 bits per heavy atom. The van der Waals surface area contributed by atoms with Gasteiger partial charge in [0.1, 0.15) is 0 Å². The minimum absolute atomic E-state index is 0.152. The number of aromatic nitrogens is 1. The summed E-state index contributed by atoms with van der Waals surface area (Å²) < 4.78 is 0.725. The fourth-order valence-electron chi connectivity index (χ4n) is 2.02. The fourth-order valence-corrected chi connectivity index (χ4v) is 4.64. The van der Waals surface area contributed by atoms with Crippen LogP contribution in [0.15, 0.2) is 46.7 Å². The molecule has 0 bridgehead atoms. The molecule has 0 aliphatic carbocycles. The number of hydrogen-bond donors (Lipinski definition) is 1. The molecule has 0 fully saturated rings. The lowest BCUT2D eigenvalue weighted by molar-refractivity contribution is 0.102. The topological polar surface area (TPSA) is 42.0 Å². The van der Waals surface area contributed by atoms with Crippen LogP contribution < -0.4 is 5.32 Å². The van der Waals surface area contributed by atoms with E-state index in [2.05, 4.69) is 24.1 Å². The summed E-state index contributed by atoms with van der Waals surface area (Å²) in [6.45, 7) is 4.29. The maximum atomic E-state index is 12.3. The molecule has 124 valence electrons. The van der Waals surface area contributed by atoms with Gasteiger partial charge in [-0.25, -0.2) is 4.98 Å². The van der Waals surface area contributed by atoms with Crippen molar-refractivity contribution in [1.82, 2.24) is 4.98 Å². The summed E-state index contributed by atoms with van der Waals surface area (Å²) in [5, 5.41) is 5.87. The zero-order valence-electron chi connectivity index (χ0n) is 13.1. The van der Waals surface area contributed by atoms with E-state index in [1.54, 1.807) is 11.8 Å². The minimum Gasteiger partial charge on any atom is -0.298 e. The van der Waals surface area contributed by atoms with Gasteiger partial charge in [-0.2, -0.15) is 0 Å². The Balaban J connectivity index is 1.67. The molecule has 3 nitrogen and oxygen atoms in total. The summed E-state index contributed by atoms with van der Waals surface area (Å²) in [6, 6.07) is 11.4. The summed E-state index contributed by atoms with van der Waals surface area (Å²) in [4.78, 5) is 18.9. The van der Waals surface area contributed by atoms with E-state index in [9.17, 15) is 4.79 Å². The second-order valence-electron chi connectivity index (χ2n) is 5.29. The van der Waals surface area contributed by atoms with E-state index in [-0.39, 0.29) is 5.91 Å². The molecule has 0 atom stereocenters. The van der Waals surface area contributed by atoms with Crippen molar-refractivity contribution in [2.75, 3.05) is 5.32 Å². The van der Waals surface area contributed by atoms with Crippen molar-refractivity contribution in [3.05, 3.63) is 51.7 Å². The van der Waals surface area contributed by atoms with Gasteiger partial charge in [0.25, 0.3) is 5.91 Å². The van der Waals surface area contributed by atoms with Crippen molar-refractivity contribution >= 4 is 57.1 Å². The number of nitrogens with zero attached hydrogens (tertiary/aromatic N) is 1. The molecule has 7 heteroatoms. The van der Waals surface area contributed by atoms with E-state index in [0.29, 0.717) is 15.9 Å². The van der Waals surface area contributed by atoms with Gasteiger partial charge in [0.15, 0.2) is 5.13 Å². The molecule has 0 saturated carbocycles. The molecule has 0 radical (unpaired) electrons. The van der Waals surface area contributed by atoms with Crippen LogP contribution in [0.4, 0.5) is 5.13 Å². The van der Waals surface area contributed by atoms with Gasteiger partial charge in [-0.3, -0.25) is 10.1 Å². The van der Waals surface area contributed by atoms with Crippen LogP contribution in [-0.2, 0) is 0 Å². The molecule has 1 N–H and O–H groups in total. The summed E-state index contributed by atoms with van der Waals surface area (Å²) in [5.41, 5.74) is 1.45. The third-order valence-electron chi connectivity index (χ3n) is 3.04. The number of carbonyl (C=O) groups excluding carboxylic acids is 1. The Kier molecular flexibility index (Phi) is 5.61. The smallest absolute Gasteiger partial charge is 0.257 e. The molecular weight excluding hydrogens is 380 g/mol. The summed E-state index contributed by atoms with van der Waals surface area (Å²) in [5.74, 6) is -0.152. The van der Waals surface area contributed by atoms with Gasteiger partial charge < -0.3 is 0 Å². The lowest BCUT2D eigenvalue weighted by Crippen LogP contribution is -2.11. The van der Waals surface area contributed by atoms with Crippen LogP contribution in [0.3, 0.4) is 0 Å². The lowest BCUT2D eigenvalue weighted by atomic mass is 10.2. The molecule has 0 saturated heterocycles. The van der Waals surface area contributed by atoms with Gasteiger partial charge in [-0.1, -0.05) is 25.4 Å². The molecular formula is C17H15ClN2OS3. The van der Waals surface area contributed by atoms with Gasteiger partial charge in [-0.15, -0.1) is 34.4 Å². The van der Waals surface area contributed by atoms with Crippen LogP contribution in [0.1, 0.15) is 24.2 Å². The van der Waals surface area contributed by atoms with Gasteiger partial charge >= 0.3 is 0 Å². The van der Waals surface area contributed by atoms with Crippen molar-refractivity contribution < 1.29 is 4.79 Å². The first-order valence-electron chi connectivity index (χ1n) is 7.30. The molecule has 1 aromatic carbocycles. The SMILES string of the molecule is CC(C)Sc1ccc(C(=O)Nc2nc(-c3ccc(Cl)s3)cs2)cc1. The first kappa shape index (κ1) is 17.5. The van der Waals surface area contributed by atoms with Crippen molar-refractivity contribution in [2.24, 2.45) is 0 Å². The van der Waals surface area contributed by atoms with Gasteiger partial charge in [-0.05, 0) is 36.4 Å². The Bertz CT molecular complexity index is 840. The second-order valence-corrected chi connectivity index (χ2v) is 9.51. The molecule has 1 amide bonds. The predicted octanol–water partition coefficient (Wildman–Crippen LogP) is 6.28. The monoisotopic (exact) mass is 394 g/mol. The molecule has 3 rings (SSSR count). The van der Waals surface area contributed by atoms with E-state index in [1.807, 2.05) is 41.8 Å². The van der Waals surface area contributed by atoms with E-state index >= 15 is 0 Å². The first-order valence-corrected chi connectivity index (χ1v) is 10.3. The zero-order valence-corrected chi connectivity index (χ0v) is 16.3. The molecule has 0 aliphatic rings. The number of thioether (sulfide) groups is 1.